The smallest absolute Gasteiger partial charge is 0.336 e. The summed E-state index contributed by atoms with van der Waals surface area (Å²) in [5, 5.41) is 8.44. The molecule has 0 aromatic heterocycles. The lowest BCUT2D eigenvalue weighted by molar-refractivity contribution is 0.0695. The molecule has 2 nitrogen and oxygen atoms in total. The zero-order valence-electron chi connectivity index (χ0n) is 5.64. The average Bonchev–Trinajstić information content (AvgIpc) is 1.96. The molecule has 0 saturated heterocycles. The van der Waals surface area contributed by atoms with Gasteiger partial charge in [-0.3, -0.25) is 0 Å². The Morgan fingerprint density at radius 1 is 1.58 bits per heavy atom. The molecule has 0 heterocycles. The first-order valence-electron chi connectivity index (χ1n) is 2.90. The maximum atomic E-state index is 12.7. The van der Waals surface area contributed by atoms with E-state index in [2.05, 4.69) is 15.9 Å². The van der Waals surface area contributed by atoms with Gasteiger partial charge in [-0.05, 0) is 28.1 Å². The zero-order valence-corrected chi connectivity index (χ0v) is 7.99. The van der Waals surface area contributed by atoms with Crippen molar-refractivity contribution in [2.24, 2.45) is 0 Å². The van der Waals surface area contributed by atoms with Gasteiger partial charge in [0.25, 0.3) is 0 Å². The highest BCUT2D eigenvalue weighted by Crippen LogP contribution is 2.24. The average molecular weight is 253 g/mol. The van der Waals surface area contributed by atoms with Gasteiger partial charge in [-0.1, -0.05) is 11.6 Å². The van der Waals surface area contributed by atoms with Gasteiger partial charge in [-0.25, -0.2) is 9.18 Å². The van der Waals surface area contributed by atoms with Crippen LogP contribution in [0.4, 0.5) is 4.39 Å². The van der Waals surface area contributed by atoms with Crippen molar-refractivity contribution in [3.8, 4) is 0 Å². The summed E-state index contributed by atoms with van der Waals surface area (Å²) >= 11 is 8.34. The van der Waals surface area contributed by atoms with E-state index in [0.29, 0.717) is 0 Å². The van der Waals surface area contributed by atoms with E-state index >= 15 is 0 Å². The number of hydrogen-bond acceptors (Lipinski definition) is 1. The van der Waals surface area contributed by atoms with Crippen LogP contribution in [0.3, 0.4) is 0 Å². The van der Waals surface area contributed by atoms with Gasteiger partial charge in [0.05, 0.1) is 10.6 Å². The Labute approximate surface area is 81.1 Å². The van der Waals surface area contributed by atoms with Crippen LogP contribution in [0.2, 0.25) is 5.02 Å². The molecule has 0 aliphatic carbocycles. The second kappa shape index (κ2) is 3.41. The summed E-state index contributed by atoms with van der Waals surface area (Å²) in [7, 11) is 0. The van der Waals surface area contributed by atoms with Crippen molar-refractivity contribution >= 4 is 33.5 Å². The van der Waals surface area contributed by atoms with Crippen molar-refractivity contribution in [2.45, 2.75) is 0 Å². The highest BCUT2D eigenvalue weighted by Gasteiger charge is 2.11. The van der Waals surface area contributed by atoms with Crippen molar-refractivity contribution in [3.63, 3.8) is 0 Å². The Bertz CT molecular complexity index is 340. The Kier molecular flexibility index (Phi) is 2.69. The molecule has 64 valence electrons. The molecule has 0 aliphatic rings. The molecule has 5 heteroatoms. The molecule has 1 aromatic rings. The van der Waals surface area contributed by atoms with Gasteiger partial charge >= 0.3 is 5.97 Å². The number of benzene rings is 1. The SMILES string of the molecule is O=C(O)c1cc(F)c(Cl)cc1Br. The second-order valence-electron chi connectivity index (χ2n) is 2.05. The summed E-state index contributed by atoms with van der Waals surface area (Å²) in [6, 6.07) is 2.08. The molecule has 0 unspecified atom stereocenters. The standard InChI is InChI=1S/C7H3BrClFO2/c8-4-2-5(9)6(10)1-3(4)7(11)12/h1-2H,(H,11,12). The van der Waals surface area contributed by atoms with E-state index in [1.807, 2.05) is 0 Å². The topological polar surface area (TPSA) is 37.3 Å². The van der Waals surface area contributed by atoms with Crippen molar-refractivity contribution in [3.05, 3.63) is 33.0 Å². The first kappa shape index (κ1) is 9.48. The lowest BCUT2D eigenvalue weighted by Gasteiger charge is -1.99. The third-order valence-electron chi connectivity index (χ3n) is 1.24. The maximum absolute atomic E-state index is 12.7. The molecule has 0 spiro atoms. The second-order valence-corrected chi connectivity index (χ2v) is 3.31. The molecule has 1 N–H and O–H groups in total. The van der Waals surface area contributed by atoms with Crippen molar-refractivity contribution in [1.29, 1.82) is 0 Å². The fourth-order valence-electron chi connectivity index (χ4n) is 0.686. The molecule has 0 atom stereocenters. The number of carboxylic acid groups (broad SMARTS) is 1. The number of carbonyl (C=O) groups is 1. The van der Waals surface area contributed by atoms with Gasteiger partial charge in [0.1, 0.15) is 5.82 Å². The van der Waals surface area contributed by atoms with Gasteiger partial charge in [-0.2, -0.15) is 0 Å². The van der Waals surface area contributed by atoms with Crippen LogP contribution < -0.4 is 0 Å². The fourth-order valence-corrected chi connectivity index (χ4v) is 1.49. The number of rotatable bonds is 1. The van der Waals surface area contributed by atoms with Crippen LogP contribution in [-0.2, 0) is 0 Å². The van der Waals surface area contributed by atoms with E-state index in [4.69, 9.17) is 16.7 Å². The molecule has 0 saturated carbocycles. The van der Waals surface area contributed by atoms with Crippen molar-refractivity contribution < 1.29 is 14.3 Å². The van der Waals surface area contributed by atoms with Crippen LogP contribution in [0.15, 0.2) is 16.6 Å². The van der Waals surface area contributed by atoms with E-state index in [1.165, 1.54) is 6.07 Å². The minimum Gasteiger partial charge on any atom is -0.478 e. The van der Waals surface area contributed by atoms with Crippen LogP contribution in [-0.4, -0.2) is 11.1 Å². The molecule has 1 aromatic carbocycles. The highest BCUT2D eigenvalue weighted by molar-refractivity contribution is 9.10. The van der Waals surface area contributed by atoms with Crippen LogP contribution in [0.1, 0.15) is 10.4 Å². The Hall–Kier alpha value is -0.610. The summed E-state index contributed by atoms with van der Waals surface area (Å²) in [5.41, 5.74) is -0.142. The minimum absolute atomic E-state index is 0.105. The van der Waals surface area contributed by atoms with Gasteiger partial charge in [0.15, 0.2) is 0 Å². The zero-order chi connectivity index (χ0) is 9.30. The number of aromatic carboxylic acids is 1. The van der Waals surface area contributed by atoms with Gasteiger partial charge < -0.3 is 5.11 Å². The summed E-state index contributed by atoms with van der Waals surface area (Å²) in [6.45, 7) is 0. The van der Waals surface area contributed by atoms with E-state index in [0.717, 1.165) is 6.07 Å². The molecule has 0 fully saturated rings. The molecule has 0 radical (unpaired) electrons. The summed E-state index contributed by atoms with van der Waals surface area (Å²) < 4.78 is 13.0. The minimum atomic E-state index is -1.20. The predicted molar refractivity (Wildman–Crippen MR) is 46.1 cm³/mol. The third kappa shape index (κ3) is 1.76. The van der Waals surface area contributed by atoms with E-state index < -0.39 is 11.8 Å². The molecule has 1 rings (SSSR count). The fraction of sp³-hybridized carbons (Fsp3) is 0. The van der Waals surface area contributed by atoms with Crippen LogP contribution >= 0.6 is 27.5 Å². The number of carboxylic acids is 1. The first-order valence-corrected chi connectivity index (χ1v) is 4.07. The van der Waals surface area contributed by atoms with Crippen molar-refractivity contribution in [2.75, 3.05) is 0 Å². The van der Waals surface area contributed by atoms with E-state index in [1.54, 1.807) is 0 Å². The van der Waals surface area contributed by atoms with E-state index in [-0.39, 0.29) is 15.1 Å². The largest absolute Gasteiger partial charge is 0.478 e. The highest BCUT2D eigenvalue weighted by atomic mass is 79.9. The van der Waals surface area contributed by atoms with Crippen LogP contribution in [0.25, 0.3) is 0 Å². The Morgan fingerprint density at radius 3 is 2.67 bits per heavy atom. The van der Waals surface area contributed by atoms with Gasteiger partial charge in [-0.15, -0.1) is 0 Å². The molecule has 0 bridgehead atoms. The monoisotopic (exact) mass is 252 g/mol. The van der Waals surface area contributed by atoms with Crippen molar-refractivity contribution in [1.82, 2.24) is 0 Å². The maximum Gasteiger partial charge on any atom is 0.336 e. The van der Waals surface area contributed by atoms with Crippen LogP contribution in [0, 0.1) is 5.82 Å². The number of halogens is 3. The molecular formula is C7H3BrClFO2. The predicted octanol–water partition coefficient (Wildman–Crippen LogP) is 2.94. The Balaban J connectivity index is 3.33. The van der Waals surface area contributed by atoms with Gasteiger partial charge in [0, 0.05) is 4.47 Å². The first-order chi connectivity index (χ1) is 5.52. The van der Waals surface area contributed by atoms with Gasteiger partial charge in [0.2, 0.25) is 0 Å². The molecule has 0 amide bonds. The normalized spacial score (nSPS) is 9.92. The summed E-state index contributed by atoms with van der Waals surface area (Å²) in [6.07, 6.45) is 0. The lowest BCUT2D eigenvalue weighted by Crippen LogP contribution is -1.98. The molecule has 12 heavy (non-hydrogen) atoms. The Morgan fingerprint density at radius 2 is 2.17 bits per heavy atom. The molecule has 0 aliphatic heterocycles. The van der Waals surface area contributed by atoms with E-state index in [9.17, 15) is 9.18 Å². The molecular weight excluding hydrogens is 250 g/mol. The quantitative estimate of drug-likeness (QED) is 0.781. The van der Waals surface area contributed by atoms with Crippen LogP contribution in [0.5, 0.6) is 0 Å². The number of hydrogen-bond donors (Lipinski definition) is 1. The lowest BCUT2D eigenvalue weighted by atomic mass is 10.2. The third-order valence-corrected chi connectivity index (χ3v) is 2.19. The summed E-state index contributed by atoms with van der Waals surface area (Å²) in [4.78, 5) is 10.4. The summed E-state index contributed by atoms with van der Waals surface area (Å²) in [5.74, 6) is -1.94.